The molecular formula is C11H12F3N3O4. The highest BCUT2D eigenvalue weighted by atomic mass is 19.4. The number of hydrogen-bond donors (Lipinski definition) is 2. The van der Waals surface area contributed by atoms with E-state index in [4.69, 9.17) is 5.11 Å². The molecule has 0 aliphatic rings. The minimum Gasteiger partial charge on any atom is -0.480 e. The standard InChI is InChI=1S/C11H12F3N3O4/c1-2-5-21-10(20)15-7(9(18)19)6-17-4-3-8(16-17)11(12,13)14/h2-4,7H,1,5-6H2,(H,15,20)(H,18,19). The first-order valence-electron chi connectivity index (χ1n) is 5.61. The molecule has 116 valence electrons. The number of alkyl halides is 3. The summed E-state index contributed by atoms with van der Waals surface area (Å²) in [6.07, 6.45) is -3.40. The van der Waals surface area contributed by atoms with E-state index in [0.29, 0.717) is 6.07 Å². The van der Waals surface area contributed by atoms with Crippen LogP contribution in [-0.4, -0.2) is 39.6 Å². The summed E-state index contributed by atoms with van der Waals surface area (Å²) in [5.74, 6) is -1.44. The number of aliphatic carboxylic acids is 1. The largest absolute Gasteiger partial charge is 0.480 e. The Hall–Kier alpha value is -2.52. The average molecular weight is 307 g/mol. The predicted molar refractivity (Wildman–Crippen MR) is 63.3 cm³/mol. The Morgan fingerprint density at radius 2 is 2.24 bits per heavy atom. The van der Waals surface area contributed by atoms with E-state index >= 15 is 0 Å². The van der Waals surface area contributed by atoms with Gasteiger partial charge in [0.2, 0.25) is 0 Å². The van der Waals surface area contributed by atoms with Crippen molar-refractivity contribution in [3.63, 3.8) is 0 Å². The van der Waals surface area contributed by atoms with Crippen molar-refractivity contribution < 1.29 is 32.6 Å². The Labute approximate surface area is 117 Å². The molecule has 1 aromatic rings. The average Bonchev–Trinajstić information content (AvgIpc) is 2.84. The van der Waals surface area contributed by atoms with Crippen LogP contribution < -0.4 is 5.32 Å². The van der Waals surface area contributed by atoms with Crippen LogP contribution in [0.2, 0.25) is 0 Å². The SMILES string of the molecule is C=CCOC(=O)NC(Cn1ccc(C(F)(F)F)n1)C(=O)O. The van der Waals surface area contributed by atoms with E-state index in [1.165, 1.54) is 6.08 Å². The summed E-state index contributed by atoms with van der Waals surface area (Å²) in [6, 6.07) is -0.780. The molecule has 0 aliphatic heterocycles. The number of alkyl carbamates (subject to hydrolysis) is 1. The van der Waals surface area contributed by atoms with Gasteiger partial charge in [-0.1, -0.05) is 12.7 Å². The van der Waals surface area contributed by atoms with Gasteiger partial charge in [-0.2, -0.15) is 18.3 Å². The van der Waals surface area contributed by atoms with E-state index in [-0.39, 0.29) is 6.61 Å². The first-order chi connectivity index (χ1) is 9.74. The first kappa shape index (κ1) is 16.5. The summed E-state index contributed by atoms with van der Waals surface area (Å²) < 4.78 is 42.4. The summed E-state index contributed by atoms with van der Waals surface area (Å²) in [5, 5.41) is 14.1. The van der Waals surface area contributed by atoms with Crippen molar-refractivity contribution in [2.24, 2.45) is 0 Å². The number of carboxylic acid groups (broad SMARTS) is 1. The molecule has 0 spiro atoms. The number of carbonyl (C=O) groups is 2. The van der Waals surface area contributed by atoms with Gasteiger partial charge in [0.15, 0.2) is 5.69 Å². The van der Waals surface area contributed by atoms with Crippen molar-refractivity contribution in [1.29, 1.82) is 0 Å². The number of nitrogens with one attached hydrogen (secondary N) is 1. The maximum atomic E-state index is 12.4. The maximum absolute atomic E-state index is 12.4. The van der Waals surface area contributed by atoms with Crippen LogP contribution in [0.3, 0.4) is 0 Å². The second kappa shape index (κ2) is 6.77. The molecule has 0 bridgehead atoms. The molecule has 0 aliphatic carbocycles. The third kappa shape index (κ3) is 5.16. The van der Waals surface area contributed by atoms with Gasteiger partial charge in [0.1, 0.15) is 12.6 Å². The lowest BCUT2D eigenvalue weighted by Crippen LogP contribution is -2.44. The smallest absolute Gasteiger partial charge is 0.435 e. The number of rotatable bonds is 6. The van der Waals surface area contributed by atoms with Crippen LogP contribution in [0, 0.1) is 0 Å². The molecule has 1 atom stereocenters. The highest BCUT2D eigenvalue weighted by Crippen LogP contribution is 2.27. The van der Waals surface area contributed by atoms with Crippen molar-refractivity contribution in [3.05, 3.63) is 30.6 Å². The van der Waals surface area contributed by atoms with Crippen LogP contribution in [0.1, 0.15) is 5.69 Å². The zero-order valence-corrected chi connectivity index (χ0v) is 10.6. The number of hydrogen-bond acceptors (Lipinski definition) is 4. The fraction of sp³-hybridized carbons (Fsp3) is 0.364. The molecule has 10 heteroatoms. The monoisotopic (exact) mass is 307 g/mol. The number of ether oxygens (including phenoxy) is 1. The number of halogens is 3. The normalized spacial score (nSPS) is 12.5. The molecule has 1 rings (SSSR count). The van der Waals surface area contributed by atoms with Gasteiger partial charge in [-0.15, -0.1) is 0 Å². The van der Waals surface area contributed by atoms with Crippen LogP contribution in [0.4, 0.5) is 18.0 Å². The van der Waals surface area contributed by atoms with Gasteiger partial charge < -0.3 is 15.2 Å². The Morgan fingerprint density at radius 1 is 1.57 bits per heavy atom. The molecule has 21 heavy (non-hydrogen) atoms. The third-order valence-corrected chi connectivity index (χ3v) is 2.22. The minimum absolute atomic E-state index is 0.127. The highest BCUT2D eigenvalue weighted by molar-refractivity contribution is 5.79. The van der Waals surface area contributed by atoms with Crippen molar-refractivity contribution in [2.45, 2.75) is 18.8 Å². The minimum atomic E-state index is -4.62. The van der Waals surface area contributed by atoms with Crippen molar-refractivity contribution in [1.82, 2.24) is 15.1 Å². The number of nitrogens with zero attached hydrogens (tertiary/aromatic N) is 2. The van der Waals surface area contributed by atoms with Crippen molar-refractivity contribution >= 4 is 12.1 Å². The van der Waals surface area contributed by atoms with Crippen molar-refractivity contribution in [2.75, 3.05) is 6.61 Å². The van der Waals surface area contributed by atoms with Crippen LogP contribution in [0.5, 0.6) is 0 Å². The van der Waals surface area contributed by atoms with Crippen molar-refractivity contribution in [3.8, 4) is 0 Å². The zero-order valence-electron chi connectivity index (χ0n) is 10.6. The Bertz CT molecular complexity index is 527. The fourth-order valence-corrected chi connectivity index (χ4v) is 1.31. The Morgan fingerprint density at radius 3 is 2.71 bits per heavy atom. The number of carbonyl (C=O) groups excluding carboxylic acids is 1. The van der Waals surface area contributed by atoms with Gasteiger partial charge in [-0.25, -0.2) is 9.59 Å². The Balaban J connectivity index is 2.70. The van der Waals surface area contributed by atoms with Gasteiger partial charge in [0, 0.05) is 6.20 Å². The molecule has 0 saturated heterocycles. The lowest BCUT2D eigenvalue weighted by atomic mass is 10.3. The third-order valence-electron chi connectivity index (χ3n) is 2.22. The van der Waals surface area contributed by atoms with Crippen LogP contribution in [-0.2, 0) is 22.3 Å². The maximum Gasteiger partial charge on any atom is 0.435 e. The quantitative estimate of drug-likeness (QED) is 0.772. The molecule has 0 radical (unpaired) electrons. The highest BCUT2D eigenvalue weighted by Gasteiger charge is 2.34. The molecule has 1 aromatic heterocycles. The second-order valence-corrected chi connectivity index (χ2v) is 3.84. The first-order valence-corrected chi connectivity index (χ1v) is 5.61. The number of aromatic nitrogens is 2. The molecule has 2 N–H and O–H groups in total. The van der Waals surface area contributed by atoms with E-state index in [0.717, 1.165) is 10.9 Å². The molecular weight excluding hydrogens is 295 g/mol. The van der Waals surface area contributed by atoms with E-state index in [1.807, 2.05) is 5.32 Å². The Kier molecular flexibility index (Phi) is 5.33. The van der Waals surface area contributed by atoms with Gasteiger partial charge in [0.05, 0.1) is 6.54 Å². The topological polar surface area (TPSA) is 93.5 Å². The molecule has 1 amide bonds. The summed E-state index contributed by atoms with van der Waals surface area (Å²) >= 11 is 0. The van der Waals surface area contributed by atoms with Gasteiger partial charge in [-0.05, 0) is 6.07 Å². The van der Waals surface area contributed by atoms with Crippen LogP contribution in [0.15, 0.2) is 24.9 Å². The zero-order chi connectivity index (χ0) is 16.0. The summed E-state index contributed by atoms with van der Waals surface area (Å²) in [5.41, 5.74) is -1.15. The molecule has 1 heterocycles. The number of amides is 1. The second-order valence-electron chi connectivity index (χ2n) is 3.84. The summed E-state index contributed by atoms with van der Waals surface area (Å²) in [7, 11) is 0. The summed E-state index contributed by atoms with van der Waals surface area (Å²) in [6.45, 7) is 2.69. The van der Waals surface area contributed by atoms with Gasteiger partial charge in [0.25, 0.3) is 0 Å². The lowest BCUT2D eigenvalue weighted by Gasteiger charge is -2.14. The van der Waals surface area contributed by atoms with E-state index in [1.54, 1.807) is 0 Å². The van der Waals surface area contributed by atoms with E-state index in [9.17, 15) is 22.8 Å². The van der Waals surface area contributed by atoms with Crippen LogP contribution >= 0.6 is 0 Å². The molecule has 7 nitrogen and oxygen atoms in total. The van der Waals surface area contributed by atoms with Gasteiger partial charge in [-0.3, -0.25) is 4.68 Å². The van der Waals surface area contributed by atoms with E-state index < -0.39 is 36.5 Å². The summed E-state index contributed by atoms with van der Waals surface area (Å²) in [4.78, 5) is 22.2. The molecule has 0 saturated carbocycles. The molecule has 0 aromatic carbocycles. The predicted octanol–water partition coefficient (Wildman–Crippen LogP) is 1.27. The molecule has 0 fully saturated rings. The van der Waals surface area contributed by atoms with Crippen LogP contribution in [0.25, 0.3) is 0 Å². The van der Waals surface area contributed by atoms with E-state index in [2.05, 4.69) is 16.4 Å². The van der Waals surface area contributed by atoms with Gasteiger partial charge >= 0.3 is 18.2 Å². The molecule has 1 unspecified atom stereocenters. The number of carboxylic acids is 1. The lowest BCUT2D eigenvalue weighted by molar-refractivity contribution is -0.141. The fourth-order valence-electron chi connectivity index (χ4n) is 1.31.